The third kappa shape index (κ3) is 4.27. The van der Waals surface area contributed by atoms with Gasteiger partial charge in [0.2, 0.25) is 10.0 Å². The van der Waals surface area contributed by atoms with Crippen molar-refractivity contribution in [1.82, 2.24) is 0 Å². The monoisotopic (exact) mass is 284 g/mol. The Kier molecular flexibility index (Phi) is 4.99. The predicted octanol–water partition coefficient (Wildman–Crippen LogP) is 0.949. The summed E-state index contributed by atoms with van der Waals surface area (Å²) < 4.78 is 25.0. The largest absolute Gasteiger partial charge is 0.384 e. The van der Waals surface area contributed by atoms with E-state index in [1.165, 1.54) is 12.1 Å². The summed E-state index contributed by atoms with van der Waals surface area (Å²) in [7, 11) is -3.74. The molecule has 0 unspecified atom stereocenters. The zero-order chi connectivity index (χ0) is 13.6. The van der Waals surface area contributed by atoms with E-state index in [1.807, 2.05) is 0 Å². The first-order valence-electron chi connectivity index (χ1n) is 4.75. The number of nitriles is 1. The highest BCUT2D eigenvalue weighted by Gasteiger charge is 2.12. The number of aliphatic hydroxyl groups is 1. The molecule has 5 nitrogen and oxygen atoms in total. The molecule has 1 aromatic rings. The Labute approximate surface area is 110 Å². The quantitative estimate of drug-likeness (QED) is 0.809. The van der Waals surface area contributed by atoms with E-state index < -0.39 is 15.8 Å². The third-order valence-corrected chi connectivity index (χ3v) is 3.17. The first-order chi connectivity index (χ1) is 8.48. The number of rotatable bonds is 3. The molecule has 0 aromatic heterocycles. The topological polar surface area (TPSA) is 90.2 Å². The van der Waals surface area contributed by atoms with Crippen LogP contribution in [-0.2, 0) is 10.0 Å². The molecule has 7 heteroatoms. The van der Waals surface area contributed by atoms with Crippen molar-refractivity contribution in [3.63, 3.8) is 0 Å². The molecule has 94 valence electrons. The normalized spacial score (nSPS) is 10.1. The Morgan fingerprint density at radius 2 is 2.17 bits per heavy atom. The summed E-state index contributed by atoms with van der Waals surface area (Å²) in [4.78, 5) is 0. The molecule has 0 fully saturated rings. The molecule has 0 saturated carbocycles. The van der Waals surface area contributed by atoms with Gasteiger partial charge in [0, 0.05) is 5.56 Å². The van der Waals surface area contributed by atoms with Crippen LogP contribution < -0.4 is 4.72 Å². The van der Waals surface area contributed by atoms with Crippen LogP contribution >= 0.6 is 11.6 Å². The van der Waals surface area contributed by atoms with Crippen molar-refractivity contribution in [2.75, 3.05) is 17.1 Å². The van der Waals surface area contributed by atoms with Gasteiger partial charge in [0.15, 0.2) is 5.75 Å². The number of sulfonamides is 1. The van der Waals surface area contributed by atoms with Crippen LogP contribution in [0.25, 0.3) is 0 Å². The van der Waals surface area contributed by atoms with Gasteiger partial charge in [0.05, 0.1) is 16.8 Å². The van der Waals surface area contributed by atoms with Gasteiger partial charge in [0.1, 0.15) is 6.61 Å². The molecule has 1 rings (SSSR count). The number of aliphatic hydroxyl groups excluding tert-OH is 1. The van der Waals surface area contributed by atoms with Crippen molar-refractivity contribution in [1.29, 1.82) is 5.26 Å². The van der Waals surface area contributed by atoms with Crippen LogP contribution in [0.4, 0.5) is 5.69 Å². The van der Waals surface area contributed by atoms with Crippen molar-refractivity contribution in [3.8, 4) is 17.9 Å². The second kappa shape index (κ2) is 6.27. The molecular formula is C11H9ClN2O3S. The molecule has 0 aliphatic carbocycles. The minimum absolute atomic E-state index is 0.150. The summed E-state index contributed by atoms with van der Waals surface area (Å²) >= 11 is 5.83. The minimum Gasteiger partial charge on any atom is -0.384 e. The van der Waals surface area contributed by atoms with Crippen LogP contribution in [0.1, 0.15) is 5.56 Å². The zero-order valence-electron chi connectivity index (χ0n) is 9.14. The molecule has 18 heavy (non-hydrogen) atoms. The maximum Gasteiger partial charge on any atom is 0.246 e. The Morgan fingerprint density at radius 3 is 2.78 bits per heavy atom. The van der Waals surface area contributed by atoms with E-state index in [2.05, 4.69) is 16.6 Å². The molecule has 2 N–H and O–H groups in total. The second-order valence-electron chi connectivity index (χ2n) is 3.17. The summed E-state index contributed by atoms with van der Waals surface area (Å²) in [6.07, 6.45) is 0. The lowest BCUT2D eigenvalue weighted by molar-refractivity contribution is 0.350. The van der Waals surface area contributed by atoms with Crippen molar-refractivity contribution < 1.29 is 13.5 Å². The van der Waals surface area contributed by atoms with E-state index in [0.29, 0.717) is 5.56 Å². The van der Waals surface area contributed by atoms with Crippen molar-refractivity contribution >= 4 is 27.3 Å². The summed E-state index contributed by atoms with van der Waals surface area (Å²) in [6.45, 7) is -0.294. The van der Waals surface area contributed by atoms with Crippen molar-refractivity contribution in [2.24, 2.45) is 0 Å². The van der Waals surface area contributed by atoms with Gasteiger partial charge in [0.25, 0.3) is 0 Å². The smallest absolute Gasteiger partial charge is 0.246 e. The standard InChI is InChI=1S/C11H9ClN2O3S/c12-10-4-3-9(2-1-6-15)8-11(10)14-18(16,17)7-5-13/h3-4,8,14-15H,6-7H2. The number of nitrogens with zero attached hydrogens (tertiary/aromatic N) is 1. The lowest BCUT2D eigenvalue weighted by atomic mass is 10.2. The molecule has 0 amide bonds. The fraction of sp³-hybridized carbons (Fsp3) is 0.182. The average molecular weight is 285 g/mol. The molecule has 0 saturated heterocycles. The summed E-state index contributed by atoms with van der Waals surface area (Å²) in [5, 5.41) is 17.1. The molecule has 0 heterocycles. The third-order valence-electron chi connectivity index (χ3n) is 1.80. The van der Waals surface area contributed by atoms with Gasteiger partial charge in [-0.3, -0.25) is 4.72 Å². The SMILES string of the molecule is N#CCS(=O)(=O)Nc1cc(C#CCO)ccc1Cl. The fourth-order valence-corrected chi connectivity index (χ4v) is 2.08. The molecule has 0 aliphatic heterocycles. The Hall–Kier alpha value is -1.73. The van der Waals surface area contributed by atoms with Gasteiger partial charge in [-0.25, -0.2) is 8.42 Å². The summed E-state index contributed by atoms with van der Waals surface area (Å²) in [5.41, 5.74) is 0.653. The summed E-state index contributed by atoms with van der Waals surface area (Å²) in [5.74, 6) is 4.40. The molecule has 0 radical (unpaired) electrons. The number of nitrogens with one attached hydrogen (secondary N) is 1. The number of hydrogen-bond acceptors (Lipinski definition) is 4. The maximum atomic E-state index is 11.4. The van der Waals surface area contributed by atoms with E-state index in [9.17, 15) is 8.42 Å². The summed E-state index contributed by atoms with van der Waals surface area (Å²) in [6, 6.07) is 6.04. The lowest BCUT2D eigenvalue weighted by Gasteiger charge is -2.07. The fourth-order valence-electron chi connectivity index (χ4n) is 1.11. The van der Waals surface area contributed by atoms with E-state index in [-0.39, 0.29) is 17.3 Å². The first kappa shape index (κ1) is 14.3. The molecular weight excluding hydrogens is 276 g/mol. The van der Waals surface area contributed by atoms with Crippen LogP contribution in [0.15, 0.2) is 18.2 Å². The lowest BCUT2D eigenvalue weighted by Crippen LogP contribution is -2.15. The van der Waals surface area contributed by atoms with Crippen LogP contribution in [0.3, 0.4) is 0 Å². The number of halogens is 1. The van der Waals surface area contributed by atoms with Gasteiger partial charge in [-0.15, -0.1) is 0 Å². The van der Waals surface area contributed by atoms with Crippen LogP contribution in [0, 0.1) is 23.2 Å². The number of hydrogen-bond donors (Lipinski definition) is 2. The van der Waals surface area contributed by atoms with Gasteiger partial charge < -0.3 is 5.11 Å². The highest BCUT2D eigenvalue weighted by Crippen LogP contribution is 2.23. The van der Waals surface area contributed by atoms with E-state index in [0.717, 1.165) is 0 Å². The van der Waals surface area contributed by atoms with Crippen LogP contribution in [0.5, 0.6) is 0 Å². The first-order valence-corrected chi connectivity index (χ1v) is 6.78. The average Bonchev–Trinajstić information content (AvgIpc) is 2.29. The van der Waals surface area contributed by atoms with Crippen molar-refractivity contribution in [2.45, 2.75) is 0 Å². The molecule has 0 aliphatic rings. The van der Waals surface area contributed by atoms with Gasteiger partial charge in [-0.05, 0) is 18.2 Å². The Morgan fingerprint density at radius 1 is 1.44 bits per heavy atom. The van der Waals surface area contributed by atoms with Gasteiger partial charge >= 0.3 is 0 Å². The van der Waals surface area contributed by atoms with E-state index >= 15 is 0 Å². The predicted molar refractivity (Wildman–Crippen MR) is 68.4 cm³/mol. The van der Waals surface area contributed by atoms with E-state index in [1.54, 1.807) is 12.1 Å². The second-order valence-corrected chi connectivity index (χ2v) is 5.30. The Bertz CT molecular complexity index is 638. The van der Waals surface area contributed by atoms with Gasteiger partial charge in [-0.2, -0.15) is 5.26 Å². The Balaban J connectivity index is 3.06. The van der Waals surface area contributed by atoms with Crippen molar-refractivity contribution in [3.05, 3.63) is 28.8 Å². The zero-order valence-corrected chi connectivity index (χ0v) is 10.7. The molecule has 1 aromatic carbocycles. The maximum absolute atomic E-state index is 11.4. The van der Waals surface area contributed by atoms with E-state index in [4.69, 9.17) is 22.0 Å². The van der Waals surface area contributed by atoms with Crippen LogP contribution in [0.2, 0.25) is 5.02 Å². The minimum atomic E-state index is -3.74. The number of benzene rings is 1. The molecule has 0 bridgehead atoms. The number of anilines is 1. The highest BCUT2D eigenvalue weighted by atomic mass is 35.5. The molecule has 0 atom stereocenters. The van der Waals surface area contributed by atoms with Crippen LogP contribution in [-0.4, -0.2) is 25.9 Å². The van der Waals surface area contributed by atoms with Gasteiger partial charge in [-0.1, -0.05) is 23.4 Å². The highest BCUT2D eigenvalue weighted by molar-refractivity contribution is 7.92. The molecule has 0 spiro atoms.